The average molecular weight is 412 g/mol. The van der Waals surface area contributed by atoms with Crippen molar-refractivity contribution in [1.29, 1.82) is 0 Å². The first-order valence-corrected chi connectivity index (χ1v) is 9.71. The van der Waals surface area contributed by atoms with Crippen LogP contribution >= 0.6 is 11.6 Å². The lowest BCUT2D eigenvalue weighted by atomic mass is 10.1. The first kappa shape index (κ1) is 19.5. The summed E-state index contributed by atoms with van der Waals surface area (Å²) in [6.45, 7) is 0. The molecule has 30 heavy (non-hydrogen) atoms. The van der Waals surface area contributed by atoms with Crippen LogP contribution in [0.2, 0.25) is 5.02 Å². The molecular formula is C25H18ClN3O. The van der Waals surface area contributed by atoms with Crippen molar-refractivity contribution in [2.45, 2.75) is 0 Å². The lowest BCUT2D eigenvalue weighted by Gasteiger charge is -2.10. The molecule has 1 heterocycles. The fraction of sp³-hybridized carbons (Fsp3) is 0.0400. The number of benzene rings is 3. The molecule has 4 aromatic rings. The Morgan fingerprint density at radius 2 is 1.57 bits per heavy atom. The fourth-order valence-corrected chi connectivity index (χ4v) is 3.11. The zero-order chi connectivity index (χ0) is 20.8. The quantitative estimate of drug-likeness (QED) is 0.421. The molecule has 0 radical (unpaired) electrons. The van der Waals surface area contributed by atoms with Gasteiger partial charge in [0.25, 0.3) is 0 Å². The predicted octanol–water partition coefficient (Wildman–Crippen LogP) is 5.95. The van der Waals surface area contributed by atoms with Gasteiger partial charge in [0.1, 0.15) is 11.4 Å². The largest absolute Gasteiger partial charge is 0.495 e. The number of nitrogens with zero attached hydrogens (tertiary/aromatic N) is 2. The highest BCUT2D eigenvalue weighted by Gasteiger charge is 2.08. The van der Waals surface area contributed by atoms with E-state index in [-0.39, 0.29) is 0 Å². The molecule has 0 aliphatic rings. The Kier molecular flexibility index (Phi) is 5.93. The monoisotopic (exact) mass is 411 g/mol. The summed E-state index contributed by atoms with van der Waals surface area (Å²) in [5.74, 6) is 7.34. The molecule has 0 spiro atoms. The Morgan fingerprint density at radius 1 is 0.833 bits per heavy atom. The van der Waals surface area contributed by atoms with Gasteiger partial charge in [-0.3, -0.25) is 0 Å². The van der Waals surface area contributed by atoms with Crippen molar-refractivity contribution in [3.05, 3.63) is 101 Å². The van der Waals surface area contributed by atoms with E-state index in [9.17, 15) is 0 Å². The maximum atomic E-state index is 6.24. The highest BCUT2D eigenvalue weighted by molar-refractivity contribution is 6.32. The van der Waals surface area contributed by atoms with Crippen LogP contribution in [-0.2, 0) is 0 Å². The molecule has 0 atom stereocenters. The minimum Gasteiger partial charge on any atom is -0.495 e. The van der Waals surface area contributed by atoms with Crippen LogP contribution in [0.5, 0.6) is 5.75 Å². The summed E-state index contributed by atoms with van der Waals surface area (Å²) >= 11 is 6.24. The van der Waals surface area contributed by atoms with Crippen LogP contribution in [0.1, 0.15) is 11.3 Å². The Morgan fingerprint density at radius 3 is 2.27 bits per heavy atom. The van der Waals surface area contributed by atoms with Crippen LogP contribution in [0.15, 0.2) is 84.9 Å². The molecule has 1 aromatic heterocycles. The second-order valence-corrected chi connectivity index (χ2v) is 6.83. The number of hydrogen-bond acceptors (Lipinski definition) is 4. The summed E-state index contributed by atoms with van der Waals surface area (Å²) in [6, 6.07) is 27.0. The third-order valence-electron chi connectivity index (χ3n) is 4.31. The predicted molar refractivity (Wildman–Crippen MR) is 121 cm³/mol. The van der Waals surface area contributed by atoms with E-state index in [0.717, 1.165) is 22.5 Å². The Labute approximate surface area is 180 Å². The van der Waals surface area contributed by atoms with Gasteiger partial charge in [-0.25, -0.2) is 9.97 Å². The molecular weight excluding hydrogens is 394 g/mol. The number of ether oxygens (including phenoxy) is 1. The van der Waals surface area contributed by atoms with E-state index in [1.807, 2.05) is 72.8 Å². The third kappa shape index (κ3) is 4.78. The van der Waals surface area contributed by atoms with Crippen LogP contribution in [0.25, 0.3) is 11.3 Å². The first-order valence-electron chi connectivity index (χ1n) is 9.33. The van der Waals surface area contributed by atoms with Crippen LogP contribution in [0.4, 0.5) is 11.6 Å². The molecule has 0 fully saturated rings. The van der Waals surface area contributed by atoms with Crippen LogP contribution < -0.4 is 10.1 Å². The zero-order valence-corrected chi connectivity index (χ0v) is 17.0. The SMILES string of the molecule is COc1ccc(Nc2nc(C#Cc3ccccc3)cc(-c3ccccc3)n2)cc1Cl. The van der Waals surface area contributed by atoms with Crippen molar-refractivity contribution in [2.24, 2.45) is 0 Å². The lowest BCUT2D eigenvalue weighted by molar-refractivity contribution is 0.415. The number of hydrogen-bond donors (Lipinski definition) is 1. The minimum atomic E-state index is 0.440. The molecule has 3 aromatic carbocycles. The van der Waals surface area contributed by atoms with Crippen LogP contribution in [-0.4, -0.2) is 17.1 Å². The van der Waals surface area contributed by atoms with Crippen molar-refractivity contribution in [2.75, 3.05) is 12.4 Å². The fourth-order valence-electron chi connectivity index (χ4n) is 2.85. The normalized spacial score (nSPS) is 10.1. The van der Waals surface area contributed by atoms with E-state index in [0.29, 0.717) is 22.4 Å². The van der Waals surface area contributed by atoms with Gasteiger partial charge in [-0.1, -0.05) is 66.1 Å². The molecule has 0 unspecified atom stereocenters. The molecule has 0 bridgehead atoms. The van der Waals surface area contributed by atoms with E-state index in [4.69, 9.17) is 16.3 Å². The maximum absolute atomic E-state index is 6.24. The zero-order valence-electron chi connectivity index (χ0n) is 16.3. The molecule has 1 N–H and O–H groups in total. The van der Waals surface area contributed by atoms with Crippen molar-refractivity contribution < 1.29 is 4.74 Å². The van der Waals surface area contributed by atoms with Crippen molar-refractivity contribution in [3.63, 3.8) is 0 Å². The smallest absolute Gasteiger partial charge is 0.228 e. The number of anilines is 2. The van der Waals surface area contributed by atoms with E-state index >= 15 is 0 Å². The van der Waals surface area contributed by atoms with Crippen molar-refractivity contribution in [1.82, 2.24) is 9.97 Å². The molecule has 0 amide bonds. The molecule has 0 aliphatic carbocycles. The number of aromatic nitrogens is 2. The van der Waals surface area contributed by atoms with Gasteiger partial charge in [0.15, 0.2) is 0 Å². The summed E-state index contributed by atoms with van der Waals surface area (Å²) in [7, 11) is 1.58. The third-order valence-corrected chi connectivity index (χ3v) is 4.61. The molecule has 0 saturated carbocycles. The second-order valence-electron chi connectivity index (χ2n) is 6.42. The standard InChI is InChI=1S/C25H18ClN3O/c1-30-24-15-14-20(16-22(24)26)27-25-28-21(13-12-18-8-4-2-5-9-18)17-23(29-25)19-10-6-3-7-11-19/h2-11,14-17H,1H3,(H,27,28,29). The lowest BCUT2D eigenvalue weighted by Crippen LogP contribution is -2.01. The van der Waals surface area contributed by atoms with Crippen molar-refractivity contribution in [3.8, 4) is 28.8 Å². The van der Waals surface area contributed by atoms with E-state index < -0.39 is 0 Å². The van der Waals surface area contributed by atoms with E-state index in [1.54, 1.807) is 19.2 Å². The molecule has 146 valence electrons. The second kappa shape index (κ2) is 9.13. The molecule has 4 nitrogen and oxygen atoms in total. The number of rotatable bonds is 4. The van der Waals surface area contributed by atoms with Gasteiger partial charge >= 0.3 is 0 Å². The molecule has 0 saturated heterocycles. The van der Waals surface area contributed by atoms with Gasteiger partial charge < -0.3 is 10.1 Å². The topological polar surface area (TPSA) is 47.0 Å². The van der Waals surface area contributed by atoms with Gasteiger partial charge in [0.05, 0.1) is 17.8 Å². The highest BCUT2D eigenvalue weighted by atomic mass is 35.5. The highest BCUT2D eigenvalue weighted by Crippen LogP contribution is 2.28. The average Bonchev–Trinajstić information content (AvgIpc) is 2.79. The summed E-state index contributed by atoms with van der Waals surface area (Å²) in [4.78, 5) is 9.23. The number of methoxy groups -OCH3 is 1. The maximum Gasteiger partial charge on any atom is 0.228 e. The summed E-state index contributed by atoms with van der Waals surface area (Å²) < 4.78 is 5.21. The molecule has 0 aliphatic heterocycles. The number of halogens is 1. The molecule has 5 heteroatoms. The van der Waals surface area contributed by atoms with E-state index in [1.165, 1.54) is 0 Å². The Balaban J connectivity index is 1.72. The minimum absolute atomic E-state index is 0.440. The first-order chi connectivity index (χ1) is 14.7. The van der Waals surface area contributed by atoms with Crippen LogP contribution in [0, 0.1) is 11.8 Å². The van der Waals surface area contributed by atoms with E-state index in [2.05, 4.69) is 27.1 Å². The Bertz CT molecular complexity index is 1220. The van der Waals surface area contributed by atoms with Gasteiger partial charge in [0, 0.05) is 16.8 Å². The van der Waals surface area contributed by atoms with Crippen LogP contribution in [0.3, 0.4) is 0 Å². The van der Waals surface area contributed by atoms with Gasteiger partial charge in [-0.05, 0) is 42.3 Å². The molecule has 4 rings (SSSR count). The Hall–Kier alpha value is -3.81. The summed E-state index contributed by atoms with van der Waals surface area (Å²) in [5, 5.41) is 3.72. The van der Waals surface area contributed by atoms with Crippen molar-refractivity contribution >= 4 is 23.2 Å². The van der Waals surface area contributed by atoms with Gasteiger partial charge in [0.2, 0.25) is 5.95 Å². The van der Waals surface area contributed by atoms with Gasteiger partial charge in [-0.15, -0.1) is 0 Å². The number of nitrogens with one attached hydrogen (secondary N) is 1. The van der Waals surface area contributed by atoms with Gasteiger partial charge in [-0.2, -0.15) is 0 Å². The summed E-state index contributed by atoms with van der Waals surface area (Å²) in [6.07, 6.45) is 0. The summed E-state index contributed by atoms with van der Waals surface area (Å²) in [5.41, 5.74) is 4.07.